The van der Waals surface area contributed by atoms with Crippen molar-refractivity contribution >= 4 is 16.7 Å². The summed E-state index contributed by atoms with van der Waals surface area (Å²) in [6.45, 7) is 2.24. The van der Waals surface area contributed by atoms with E-state index in [1.807, 2.05) is 54.7 Å². The fourth-order valence-electron chi connectivity index (χ4n) is 3.96. The van der Waals surface area contributed by atoms with E-state index in [0.717, 1.165) is 34.9 Å². The SMILES string of the molecule is CC(CC[C@H](C(=O)c1c[nH]c2ccccc12)c1ccccc1)c1ccccc1. The zero-order valence-electron chi connectivity index (χ0n) is 16.1. The fourth-order valence-corrected chi connectivity index (χ4v) is 3.96. The molecule has 0 saturated heterocycles. The molecule has 0 aliphatic rings. The second kappa shape index (κ2) is 8.26. The highest BCUT2D eigenvalue weighted by atomic mass is 16.1. The normalized spacial score (nSPS) is 13.3. The number of carbonyl (C=O) groups is 1. The van der Waals surface area contributed by atoms with Gasteiger partial charge in [0.25, 0.3) is 0 Å². The summed E-state index contributed by atoms with van der Waals surface area (Å²) in [5.41, 5.74) is 4.22. The van der Waals surface area contributed by atoms with Gasteiger partial charge in [-0.15, -0.1) is 0 Å². The van der Waals surface area contributed by atoms with Crippen molar-refractivity contribution < 1.29 is 4.79 Å². The standard InChI is InChI=1S/C26H25NO/c1-19(20-10-4-2-5-11-20)16-17-22(21-12-6-3-7-13-21)26(28)24-18-27-25-15-9-8-14-23(24)25/h2-15,18-19,22,27H,16-17H2,1H3/t19?,22-/m0/s1. The number of benzene rings is 3. The van der Waals surface area contributed by atoms with E-state index in [4.69, 9.17) is 0 Å². The van der Waals surface area contributed by atoms with Gasteiger partial charge < -0.3 is 4.98 Å². The molecule has 3 aromatic carbocycles. The maximum Gasteiger partial charge on any atom is 0.172 e. The molecule has 1 aromatic heterocycles. The van der Waals surface area contributed by atoms with E-state index in [-0.39, 0.29) is 11.7 Å². The van der Waals surface area contributed by atoms with E-state index in [9.17, 15) is 4.79 Å². The number of rotatable bonds is 7. The molecule has 1 unspecified atom stereocenters. The Balaban J connectivity index is 1.61. The van der Waals surface area contributed by atoms with Gasteiger partial charge >= 0.3 is 0 Å². The third-order valence-electron chi connectivity index (χ3n) is 5.63. The highest BCUT2D eigenvalue weighted by Crippen LogP contribution is 2.32. The molecule has 0 spiro atoms. The zero-order valence-corrected chi connectivity index (χ0v) is 16.1. The largest absolute Gasteiger partial charge is 0.360 e. The molecule has 0 amide bonds. The second-order valence-corrected chi connectivity index (χ2v) is 7.46. The number of ketones is 1. The summed E-state index contributed by atoms with van der Waals surface area (Å²) >= 11 is 0. The van der Waals surface area contributed by atoms with E-state index < -0.39 is 0 Å². The Kier molecular flexibility index (Phi) is 5.38. The molecule has 0 fully saturated rings. The highest BCUT2D eigenvalue weighted by Gasteiger charge is 2.25. The first kappa shape index (κ1) is 18.2. The molecule has 2 atom stereocenters. The molecule has 0 saturated carbocycles. The number of hydrogen-bond acceptors (Lipinski definition) is 1. The van der Waals surface area contributed by atoms with E-state index in [0.29, 0.717) is 5.92 Å². The Labute approximate surface area is 166 Å². The van der Waals surface area contributed by atoms with Crippen molar-refractivity contribution in [2.24, 2.45) is 0 Å². The van der Waals surface area contributed by atoms with E-state index in [2.05, 4.69) is 48.3 Å². The van der Waals surface area contributed by atoms with Crippen LogP contribution in [0.15, 0.2) is 91.1 Å². The summed E-state index contributed by atoms with van der Waals surface area (Å²) < 4.78 is 0. The summed E-state index contributed by atoms with van der Waals surface area (Å²) in [5.74, 6) is 0.485. The summed E-state index contributed by atoms with van der Waals surface area (Å²) in [7, 11) is 0. The summed E-state index contributed by atoms with van der Waals surface area (Å²) in [5, 5.41) is 1.00. The molecule has 0 aliphatic carbocycles. The minimum atomic E-state index is -0.133. The lowest BCUT2D eigenvalue weighted by Gasteiger charge is -2.19. The van der Waals surface area contributed by atoms with Gasteiger partial charge in [0.2, 0.25) is 0 Å². The second-order valence-electron chi connectivity index (χ2n) is 7.46. The molecule has 2 nitrogen and oxygen atoms in total. The molecule has 4 aromatic rings. The number of hydrogen-bond donors (Lipinski definition) is 1. The fraction of sp³-hybridized carbons (Fsp3) is 0.192. The number of carbonyl (C=O) groups excluding carboxylic acids is 1. The van der Waals surface area contributed by atoms with Crippen molar-refractivity contribution in [2.75, 3.05) is 0 Å². The predicted molar refractivity (Wildman–Crippen MR) is 116 cm³/mol. The van der Waals surface area contributed by atoms with Crippen LogP contribution in [-0.4, -0.2) is 10.8 Å². The highest BCUT2D eigenvalue weighted by molar-refractivity contribution is 6.10. The zero-order chi connectivity index (χ0) is 19.3. The maximum atomic E-state index is 13.5. The molecule has 140 valence electrons. The van der Waals surface area contributed by atoms with Gasteiger partial charge in [0.1, 0.15) is 0 Å². The number of H-pyrrole nitrogens is 1. The summed E-state index contributed by atoms with van der Waals surface area (Å²) in [4.78, 5) is 16.8. The van der Waals surface area contributed by atoms with Gasteiger partial charge in [0.15, 0.2) is 5.78 Å². The third-order valence-corrected chi connectivity index (χ3v) is 5.63. The minimum Gasteiger partial charge on any atom is -0.360 e. The average Bonchev–Trinajstić information content (AvgIpc) is 3.19. The molecule has 1 heterocycles. The minimum absolute atomic E-state index is 0.133. The van der Waals surface area contributed by atoms with Gasteiger partial charge in [-0.2, -0.15) is 0 Å². The van der Waals surface area contributed by atoms with Crippen LogP contribution in [0.4, 0.5) is 0 Å². The van der Waals surface area contributed by atoms with E-state index in [1.165, 1.54) is 5.56 Å². The topological polar surface area (TPSA) is 32.9 Å². The number of aromatic nitrogens is 1. The first-order valence-corrected chi connectivity index (χ1v) is 9.94. The molecular weight excluding hydrogens is 342 g/mol. The van der Waals surface area contributed by atoms with Crippen molar-refractivity contribution in [3.8, 4) is 0 Å². The predicted octanol–water partition coefficient (Wildman–Crippen LogP) is 6.72. The number of aromatic amines is 1. The monoisotopic (exact) mass is 367 g/mol. The molecule has 28 heavy (non-hydrogen) atoms. The number of para-hydroxylation sites is 1. The van der Waals surface area contributed by atoms with Gasteiger partial charge in [-0.25, -0.2) is 0 Å². The van der Waals surface area contributed by atoms with E-state index in [1.54, 1.807) is 0 Å². The first-order chi connectivity index (χ1) is 13.7. The molecule has 0 radical (unpaired) electrons. The van der Waals surface area contributed by atoms with Crippen molar-refractivity contribution in [3.63, 3.8) is 0 Å². The lowest BCUT2D eigenvalue weighted by molar-refractivity contribution is 0.0955. The Bertz CT molecular complexity index is 1050. The summed E-state index contributed by atoms with van der Waals surface area (Å²) in [6.07, 6.45) is 3.67. The first-order valence-electron chi connectivity index (χ1n) is 9.94. The summed E-state index contributed by atoms with van der Waals surface area (Å²) in [6, 6.07) is 28.8. The lowest BCUT2D eigenvalue weighted by atomic mass is 9.83. The van der Waals surface area contributed by atoms with Crippen molar-refractivity contribution in [3.05, 3.63) is 108 Å². The maximum absolute atomic E-state index is 13.5. The quantitative estimate of drug-likeness (QED) is 0.361. The van der Waals surface area contributed by atoms with Crippen LogP contribution in [0, 0.1) is 0 Å². The van der Waals surface area contributed by atoms with E-state index >= 15 is 0 Å². The Hall–Kier alpha value is -3.13. The van der Waals surface area contributed by atoms with Crippen molar-refractivity contribution in [1.82, 2.24) is 4.98 Å². The van der Waals surface area contributed by atoms with Crippen LogP contribution in [0.2, 0.25) is 0 Å². The van der Waals surface area contributed by atoms with Crippen molar-refractivity contribution in [1.29, 1.82) is 0 Å². The van der Waals surface area contributed by atoms with Gasteiger partial charge in [-0.1, -0.05) is 85.8 Å². The lowest BCUT2D eigenvalue weighted by Crippen LogP contribution is -2.14. The molecule has 1 N–H and O–H groups in total. The van der Waals surface area contributed by atoms with Gasteiger partial charge in [-0.3, -0.25) is 4.79 Å². The Morgan fingerprint density at radius 1 is 0.786 bits per heavy atom. The van der Waals surface area contributed by atoms with Crippen molar-refractivity contribution in [2.45, 2.75) is 31.6 Å². The number of nitrogens with one attached hydrogen (secondary N) is 1. The van der Waals surface area contributed by atoms with Gasteiger partial charge in [0.05, 0.1) is 0 Å². The van der Waals surface area contributed by atoms with Crippen LogP contribution in [-0.2, 0) is 0 Å². The molecule has 0 aliphatic heterocycles. The molecule has 4 rings (SSSR count). The average molecular weight is 367 g/mol. The van der Waals surface area contributed by atoms with Crippen LogP contribution in [0.5, 0.6) is 0 Å². The Morgan fingerprint density at radius 3 is 2.11 bits per heavy atom. The van der Waals surface area contributed by atoms with Crippen LogP contribution >= 0.6 is 0 Å². The van der Waals surface area contributed by atoms with Crippen LogP contribution in [0.25, 0.3) is 10.9 Å². The smallest absolute Gasteiger partial charge is 0.172 e. The van der Waals surface area contributed by atoms with Crippen LogP contribution < -0.4 is 0 Å². The molecular formula is C26H25NO. The molecule has 2 heteroatoms. The van der Waals surface area contributed by atoms with Crippen LogP contribution in [0.1, 0.15) is 53.1 Å². The van der Waals surface area contributed by atoms with Crippen LogP contribution in [0.3, 0.4) is 0 Å². The number of Topliss-reactive ketones (excluding diaryl/α,β-unsaturated/α-hetero) is 1. The third kappa shape index (κ3) is 3.77. The number of fused-ring (bicyclic) bond motifs is 1. The molecule has 0 bridgehead atoms. The Morgan fingerprint density at radius 2 is 1.39 bits per heavy atom. The van der Waals surface area contributed by atoms with Gasteiger partial charge in [-0.05, 0) is 36.0 Å². The van der Waals surface area contributed by atoms with Gasteiger partial charge in [0, 0.05) is 28.6 Å².